The molecule has 19 nitrogen and oxygen atoms in total. The van der Waals surface area contributed by atoms with Gasteiger partial charge in [-0.15, -0.1) is 0 Å². The fraction of sp³-hybridized carbons (Fsp3) is 0.500. The Morgan fingerprint density at radius 2 is 0.759 bits per heavy atom. The summed E-state index contributed by atoms with van der Waals surface area (Å²) in [7, 11) is 0. The summed E-state index contributed by atoms with van der Waals surface area (Å²) in [5.74, 6) is -3.07. The van der Waals surface area contributed by atoms with E-state index in [1.807, 2.05) is 0 Å². The number of hydrogen-bond acceptors (Lipinski definition) is 12. The van der Waals surface area contributed by atoms with Crippen molar-refractivity contribution in [2.24, 2.45) is 5.73 Å². The number of aliphatic carboxylic acids is 2. The summed E-state index contributed by atoms with van der Waals surface area (Å²) in [6.07, 6.45) is 0. The van der Waals surface area contributed by atoms with E-state index in [0.717, 1.165) is 0 Å². The van der Waals surface area contributed by atoms with Crippen molar-refractivity contribution in [1.29, 1.82) is 10.5 Å². The number of rotatable bonds is 3. The number of hydrogen-bond donors (Lipinski definition) is 10. The Labute approximate surface area is 164 Å². The summed E-state index contributed by atoms with van der Waals surface area (Å²) in [5.41, 5.74) is 4.40. The van der Waals surface area contributed by atoms with Crippen LogP contribution in [0.15, 0.2) is 0 Å². The molecule has 0 aromatic heterocycles. The maximum absolute atomic E-state index is 9.34. The molecule has 182 valence electrons. The second kappa shape index (κ2) is 85.3. The zero-order chi connectivity index (χ0) is 19.7. The fourth-order valence-corrected chi connectivity index (χ4v) is 0. The van der Waals surface area contributed by atoms with Gasteiger partial charge in [-0.1, -0.05) is 0 Å². The molecule has 0 saturated carbocycles. The molecule has 0 aliphatic heterocycles. The third-order valence-electron chi connectivity index (χ3n) is 0.568. The van der Waals surface area contributed by atoms with Crippen LogP contribution in [0, 0.1) is 22.7 Å². The van der Waals surface area contributed by atoms with Gasteiger partial charge in [0.15, 0.2) is 0 Å². The van der Waals surface area contributed by atoms with Gasteiger partial charge in [-0.25, -0.2) is 9.59 Å². The Morgan fingerprint density at radius 3 is 0.759 bits per heavy atom. The van der Waals surface area contributed by atoms with E-state index in [1.54, 1.807) is 0 Å². The maximum atomic E-state index is 9.34. The number of carboxylic acids is 2. The molecular weight excluding hydrogens is 414 g/mol. The van der Waals surface area contributed by atoms with Crippen molar-refractivity contribution in [3.8, 4) is 12.1 Å². The molecule has 0 bridgehead atoms. The predicted molar refractivity (Wildman–Crippen MR) is 95.6 cm³/mol. The van der Waals surface area contributed by atoms with Gasteiger partial charge in [0, 0.05) is 0 Å². The van der Waals surface area contributed by atoms with Crippen LogP contribution < -0.4 is 18.0 Å². The number of nitrogens with zero attached hydrogens (tertiary/aromatic N) is 2. The summed E-state index contributed by atoms with van der Waals surface area (Å²) < 4.78 is 0. The predicted octanol–water partition coefficient (Wildman–Crippen LogP) is -7.38. The molecule has 29 heavy (non-hydrogen) atoms. The molecule has 23 N–H and O–H groups in total. The first-order chi connectivity index (χ1) is 10.6. The van der Waals surface area contributed by atoms with Gasteiger partial charge < -0.3 is 75.7 Å². The standard InChI is InChI=1S/C2H5NO2.2C2H3NO.2C2H4O3.2H3N.4H2O/c3-2(5)1-4;2*3-1-2-4;2*3-1-2(4)5;;;;;;/h4H,1H2,(H2,3,5);2*4H,2H2;2*3H,1H2,(H,4,5);2*1H3;4*1H2. The minimum absolute atomic E-state index is 0. The molecule has 0 atom stereocenters. The lowest BCUT2D eigenvalue weighted by atomic mass is 10.7. The SMILES string of the molecule is N.N.N#CCO.N#CCO.NC(=O)CO.O.O.O.O.O=C(O)CO.O=C(O)CO. The van der Waals surface area contributed by atoms with E-state index >= 15 is 0 Å². The molecule has 19 heteroatoms. The van der Waals surface area contributed by atoms with E-state index in [-0.39, 0.29) is 47.4 Å². The van der Waals surface area contributed by atoms with Crippen LogP contribution >= 0.6 is 0 Å². The van der Waals surface area contributed by atoms with Gasteiger partial charge in [0.1, 0.15) is 33.0 Å². The van der Waals surface area contributed by atoms with Crippen LogP contribution in [-0.4, -0.2) is 109 Å². The molecule has 0 heterocycles. The third-order valence-corrected chi connectivity index (χ3v) is 0.568. The van der Waals surface area contributed by atoms with Crippen molar-refractivity contribution in [1.82, 2.24) is 12.3 Å². The van der Waals surface area contributed by atoms with Crippen molar-refractivity contribution < 1.29 is 72.0 Å². The normalized spacial score (nSPS) is 5.21. The molecule has 0 aliphatic rings. The first-order valence-electron chi connectivity index (χ1n) is 5.14. The number of amides is 1. The number of carbonyl (C=O) groups excluding carboxylic acids is 1. The molecule has 0 aromatic carbocycles. The van der Waals surface area contributed by atoms with E-state index in [9.17, 15) is 4.79 Å². The van der Waals surface area contributed by atoms with Crippen molar-refractivity contribution >= 4 is 17.8 Å². The average molecular weight is 447 g/mol. The molecule has 0 aromatic rings. The first kappa shape index (κ1) is 72.3. The molecule has 0 aliphatic carbocycles. The van der Waals surface area contributed by atoms with Crippen LogP contribution in [0.4, 0.5) is 0 Å². The fourth-order valence-electron chi connectivity index (χ4n) is 0. The summed E-state index contributed by atoms with van der Waals surface area (Å²) in [6.45, 7) is -2.86. The number of aliphatic hydroxyl groups is 5. The van der Waals surface area contributed by atoms with Gasteiger partial charge in [-0.3, -0.25) is 4.79 Å². The smallest absolute Gasteiger partial charge is 0.329 e. The zero-order valence-corrected chi connectivity index (χ0v) is 15.3. The number of nitriles is 2. The minimum atomic E-state index is -1.19. The maximum Gasteiger partial charge on any atom is 0.329 e. The lowest BCUT2D eigenvalue weighted by Gasteiger charge is -1.73. The van der Waals surface area contributed by atoms with Crippen LogP contribution in [0.2, 0.25) is 0 Å². The summed E-state index contributed by atoms with van der Waals surface area (Å²) in [6, 6.07) is 2.97. The molecule has 1 amide bonds. The van der Waals surface area contributed by atoms with Gasteiger partial charge >= 0.3 is 11.9 Å². The quantitative estimate of drug-likeness (QED) is 0.179. The molecule has 0 spiro atoms. The topological polar surface area (TPSA) is 462 Å². The van der Waals surface area contributed by atoms with Gasteiger partial charge in [-0.05, 0) is 0 Å². The monoisotopic (exact) mass is 447 g/mol. The Hall–Kier alpha value is -3.05. The van der Waals surface area contributed by atoms with Crippen LogP contribution in [0.5, 0.6) is 0 Å². The second-order valence-corrected chi connectivity index (χ2v) is 2.36. The second-order valence-electron chi connectivity index (χ2n) is 2.36. The van der Waals surface area contributed by atoms with Gasteiger partial charge in [0.05, 0.1) is 12.1 Å². The van der Waals surface area contributed by atoms with Crippen LogP contribution in [-0.2, 0) is 14.4 Å². The van der Waals surface area contributed by atoms with Crippen molar-refractivity contribution in [3.63, 3.8) is 0 Å². The van der Waals surface area contributed by atoms with Gasteiger partial charge in [0.25, 0.3) is 0 Å². The number of aliphatic hydroxyl groups excluding tert-OH is 5. The molecule has 0 fully saturated rings. The highest BCUT2D eigenvalue weighted by Gasteiger charge is 1.83. The van der Waals surface area contributed by atoms with E-state index in [1.165, 1.54) is 12.1 Å². The summed E-state index contributed by atoms with van der Waals surface area (Å²) in [5, 5.41) is 67.5. The Balaban J connectivity index is -0.0000000148. The Morgan fingerprint density at radius 1 is 0.655 bits per heavy atom. The van der Waals surface area contributed by atoms with Crippen LogP contribution in [0.3, 0.4) is 0 Å². The molecular formula is C10H33N5O14. The van der Waals surface area contributed by atoms with Crippen molar-refractivity contribution in [2.75, 3.05) is 33.0 Å². The summed E-state index contributed by atoms with van der Waals surface area (Å²) >= 11 is 0. The highest BCUT2D eigenvalue weighted by molar-refractivity contribution is 5.74. The van der Waals surface area contributed by atoms with Crippen molar-refractivity contribution in [2.45, 2.75) is 0 Å². The largest absolute Gasteiger partial charge is 0.480 e. The molecule has 0 saturated heterocycles. The van der Waals surface area contributed by atoms with E-state index < -0.39 is 37.7 Å². The van der Waals surface area contributed by atoms with Gasteiger partial charge in [0.2, 0.25) is 5.91 Å². The van der Waals surface area contributed by atoms with E-state index in [2.05, 4.69) is 5.73 Å². The number of nitrogens with two attached hydrogens (primary N) is 1. The third kappa shape index (κ3) is 536. The lowest BCUT2D eigenvalue weighted by molar-refractivity contribution is -0.141. The summed E-state index contributed by atoms with van der Waals surface area (Å²) in [4.78, 5) is 27.6. The Kier molecular flexibility index (Phi) is 213. The average Bonchev–Trinajstić information content (AvgIpc) is 2.56. The van der Waals surface area contributed by atoms with Crippen molar-refractivity contribution in [3.05, 3.63) is 0 Å². The first-order valence-corrected chi connectivity index (χ1v) is 5.14. The van der Waals surface area contributed by atoms with Crippen LogP contribution in [0.25, 0.3) is 0 Å². The lowest BCUT2D eigenvalue weighted by Crippen LogP contribution is -2.14. The molecule has 0 radical (unpaired) electrons. The highest BCUT2D eigenvalue weighted by atomic mass is 16.4. The van der Waals surface area contributed by atoms with E-state index in [0.29, 0.717) is 0 Å². The number of carboxylic acid groups (broad SMARTS) is 2. The van der Waals surface area contributed by atoms with Gasteiger partial charge in [-0.2, -0.15) is 10.5 Å². The zero-order valence-electron chi connectivity index (χ0n) is 15.3. The number of carbonyl (C=O) groups is 3. The van der Waals surface area contributed by atoms with Crippen LogP contribution in [0.1, 0.15) is 0 Å². The molecule has 0 rings (SSSR count). The Bertz CT molecular complexity index is 323. The highest BCUT2D eigenvalue weighted by Crippen LogP contribution is 1.49. The number of primary amides is 1. The minimum Gasteiger partial charge on any atom is -0.480 e. The van der Waals surface area contributed by atoms with E-state index in [4.69, 9.17) is 55.9 Å². The molecule has 0 unspecified atom stereocenters.